The SMILES string of the molecule is COc1ccc(CN2Cc3c(c4c5ccccc5n5c4c4c3c3ccccc3n4[C@@]3(C)O[C@@H]5CC(=O)[C@H]3O)C2=O)cc1OC. The summed E-state index contributed by atoms with van der Waals surface area (Å²) in [7, 11) is 3.20. The summed E-state index contributed by atoms with van der Waals surface area (Å²) >= 11 is 0. The number of aliphatic hydroxyl groups is 1. The first-order chi connectivity index (χ1) is 21.4. The van der Waals surface area contributed by atoms with Gasteiger partial charge in [0.2, 0.25) is 0 Å². The van der Waals surface area contributed by atoms with E-state index in [0.29, 0.717) is 30.2 Å². The number of amides is 1. The largest absolute Gasteiger partial charge is 0.493 e. The number of aromatic nitrogens is 2. The lowest BCUT2D eigenvalue weighted by Crippen LogP contribution is -2.53. The molecule has 1 fully saturated rings. The van der Waals surface area contributed by atoms with Gasteiger partial charge < -0.3 is 33.4 Å². The molecule has 9 rings (SSSR count). The topological polar surface area (TPSA) is 95.2 Å². The average molecular weight is 588 g/mol. The highest BCUT2D eigenvalue weighted by molar-refractivity contribution is 6.31. The predicted octanol–water partition coefficient (Wildman–Crippen LogP) is 5.61. The first kappa shape index (κ1) is 25.6. The first-order valence-corrected chi connectivity index (χ1v) is 14.8. The number of para-hydroxylation sites is 2. The Labute approximate surface area is 251 Å². The fraction of sp³-hybridized carbons (Fsp3) is 0.257. The molecule has 4 aromatic carbocycles. The maximum absolute atomic E-state index is 14.6. The molecule has 1 N–H and O–H groups in total. The molecule has 44 heavy (non-hydrogen) atoms. The van der Waals surface area contributed by atoms with Crippen molar-refractivity contribution in [2.45, 2.75) is 44.5 Å². The van der Waals surface area contributed by atoms with Crippen LogP contribution in [0, 0.1) is 0 Å². The minimum atomic E-state index is -1.35. The van der Waals surface area contributed by atoms with Crippen LogP contribution in [0.5, 0.6) is 11.5 Å². The van der Waals surface area contributed by atoms with Gasteiger partial charge in [0.05, 0.1) is 48.3 Å². The number of fused-ring (bicyclic) bond motifs is 13. The van der Waals surface area contributed by atoms with Crippen LogP contribution < -0.4 is 9.47 Å². The van der Waals surface area contributed by atoms with Gasteiger partial charge in [-0.05, 0) is 42.3 Å². The second kappa shape index (κ2) is 8.62. The summed E-state index contributed by atoms with van der Waals surface area (Å²) < 4.78 is 21.8. The molecule has 9 nitrogen and oxygen atoms in total. The zero-order valence-corrected chi connectivity index (χ0v) is 24.5. The van der Waals surface area contributed by atoms with Gasteiger partial charge in [0.1, 0.15) is 6.23 Å². The van der Waals surface area contributed by atoms with Crippen molar-refractivity contribution in [3.05, 3.63) is 83.4 Å². The molecule has 0 aliphatic carbocycles. The number of carbonyl (C=O) groups is 2. The lowest BCUT2D eigenvalue weighted by atomic mass is 9.96. The van der Waals surface area contributed by atoms with Gasteiger partial charge >= 0.3 is 0 Å². The van der Waals surface area contributed by atoms with E-state index in [1.54, 1.807) is 21.1 Å². The normalized spacial score (nSPS) is 22.5. The van der Waals surface area contributed by atoms with Crippen molar-refractivity contribution in [3.63, 3.8) is 0 Å². The lowest BCUT2D eigenvalue weighted by Gasteiger charge is -2.42. The second-order valence-corrected chi connectivity index (χ2v) is 12.1. The Bertz CT molecular complexity index is 2260. The van der Waals surface area contributed by atoms with Gasteiger partial charge in [-0.1, -0.05) is 42.5 Å². The van der Waals surface area contributed by atoms with E-state index in [0.717, 1.165) is 54.7 Å². The van der Waals surface area contributed by atoms with Gasteiger partial charge in [-0.2, -0.15) is 0 Å². The van der Waals surface area contributed by atoms with Crippen LogP contribution in [0.15, 0.2) is 66.7 Å². The highest BCUT2D eigenvalue weighted by Crippen LogP contribution is 2.53. The molecule has 2 aromatic heterocycles. The number of rotatable bonds is 4. The minimum Gasteiger partial charge on any atom is -0.493 e. The van der Waals surface area contributed by atoms with Crippen LogP contribution in [-0.2, 0) is 28.3 Å². The van der Waals surface area contributed by atoms with Crippen molar-refractivity contribution in [1.29, 1.82) is 0 Å². The molecule has 3 aliphatic rings. The number of hydrogen-bond donors (Lipinski definition) is 1. The molecule has 2 bridgehead atoms. The summed E-state index contributed by atoms with van der Waals surface area (Å²) in [6.45, 7) is 2.60. The van der Waals surface area contributed by atoms with E-state index in [1.807, 2.05) is 76.2 Å². The molecule has 0 radical (unpaired) electrons. The van der Waals surface area contributed by atoms with Gasteiger partial charge in [-0.15, -0.1) is 0 Å². The standard InChI is InChI=1S/C35H29N3O6/c1-35-33(40)24(39)15-27(44-35)37-22-10-6-4-8-19(22)29-30-21(28-20-9-5-7-11-23(20)38(35)32(28)31(29)37)17-36(34(30)41)16-18-12-13-25(42-2)26(14-18)43-3/h4-14,27,33,40H,15-17H2,1-3H3/t27-,33-,35+/m1/s1. The van der Waals surface area contributed by atoms with Crippen LogP contribution in [-0.4, -0.2) is 51.2 Å². The molecule has 1 amide bonds. The van der Waals surface area contributed by atoms with E-state index >= 15 is 0 Å². The summed E-state index contributed by atoms with van der Waals surface area (Å²) in [5.74, 6) is 0.929. The highest BCUT2D eigenvalue weighted by atomic mass is 16.6. The number of benzene rings is 4. The molecule has 1 saturated heterocycles. The summed E-state index contributed by atoms with van der Waals surface area (Å²) in [5, 5.41) is 15.1. The number of aliphatic hydroxyl groups excluding tert-OH is 1. The molecule has 5 heterocycles. The molecule has 0 saturated carbocycles. The van der Waals surface area contributed by atoms with Crippen LogP contribution in [0.3, 0.4) is 0 Å². The van der Waals surface area contributed by atoms with Crippen LogP contribution in [0.2, 0.25) is 0 Å². The van der Waals surface area contributed by atoms with Crippen LogP contribution in [0.4, 0.5) is 0 Å². The van der Waals surface area contributed by atoms with Crippen LogP contribution in [0.25, 0.3) is 43.6 Å². The number of carbonyl (C=O) groups excluding carboxylic acids is 2. The first-order valence-electron chi connectivity index (χ1n) is 14.8. The van der Waals surface area contributed by atoms with Crippen molar-refractivity contribution in [2.75, 3.05) is 14.2 Å². The Morgan fingerprint density at radius 2 is 1.61 bits per heavy atom. The van der Waals surface area contributed by atoms with E-state index in [-0.39, 0.29) is 18.1 Å². The minimum absolute atomic E-state index is 0.0330. The molecule has 6 aromatic rings. The fourth-order valence-corrected chi connectivity index (χ4v) is 7.98. The molecule has 9 heteroatoms. The quantitative estimate of drug-likeness (QED) is 0.288. The maximum atomic E-state index is 14.6. The third-order valence-corrected chi connectivity index (χ3v) is 9.83. The molecule has 0 unspecified atom stereocenters. The van der Waals surface area contributed by atoms with Crippen molar-refractivity contribution >= 4 is 55.3 Å². The van der Waals surface area contributed by atoms with Crippen molar-refractivity contribution in [1.82, 2.24) is 14.0 Å². The Kier molecular flexibility index (Phi) is 5.02. The number of Topliss-reactive ketones (excluding diaryl/α,β-unsaturated/α-hetero) is 1. The average Bonchev–Trinajstić information content (AvgIpc) is 3.65. The molecule has 0 spiro atoms. The van der Waals surface area contributed by atoms with Gasteiger partial charge in [-0.3, -0.25) is 9.59 Å². The van der Waals surface area contributed by atoms with Crippen LogP contribution >= 0.6 is 0 Å². The molecule has 220 valence electrons. The Hall–Kier alpha value is -4.86. The number of methoxy groups -OCH3 is 2. The van der Waals surface area contributed by atoms with E-state index in [4.69, 9.17) is 14.2 Å². The third kappa shape index (κ3) is 3.00. The summed E-state index contributed by atoms with van der Waals surface area (Å²) in [5.41, 5.74) is 4.67. The van der Waals surface area contributed by atoms with Gasteiger partial charge in [0, 0.05) is 34.6 Å². The maximum Gasteiger partial charge on any atom is 0.255 e. The Morgan fingerprint density at radius 1 is 0.909 bits per heavy atom. The summed E-state index contributed by atoms with van der Waals surface area (Å²) in [4.78, 5) is 29.8. The fourth-order valence-electron chi connectivity index (χ4n) is 7.98. The third-order valence-electron chi connectivity index (χ3n) is 9.83. The lowest BCUT2D eigenvalue weighted by molar-refractivity contribution is -0.230. The Morgan fingerprint density at radius 3 is 2.36 bits per heavy atom. The van der Waals surface area contributed by atoms with Crippen LogP contribution in [0.1, 0.15) is 41.1 Å². The molecule has 3 atom stereocenters. The zero-order valence-electron chi connectivity index (χ0n) is 24.5. The number of ether oxygens (including phenoxy) is 3. The number of nitrogens with zero attached hydrogens (tertiary/aromatic N) is 3. The van der Waals surface area contributed by atoms with Crippen molar-refractivity contribution in [2.24, 2.45) is 0 Å². The van der Waals surface area contributed by atoms with E-state index in [1.165, 1.54) is 0 Å². The monoisotopic (exact) mass is 587 g/mol. The van der Waals surface area contributed by atoms with Gasteiger partial charge in [0.25, 0.3) is 5.91 Å². The van der Waals surface area contributed by atoms with E-state index in [2.05, 4.69) is 4.57 Å². The number of hydrogen-bond acceptors (Lipinski definition) is 6. The molecular weight excluding hydrogens is 558 g/mol. The molecule has 3 aliphatic heterocycles. The van der Waals surface area contributed by atoms with Gasteiger partial charge in [0.15, 0.2) is 29.1 Å². The zero-order chi connectivity index (χ0) is 30.1. The van der Waals surface area contributed by atoms with Crippen molar-refractivity contribution in [3.8, 4) is 11.5 Å². The summed E-state index contributed by atoms with van der Waals surface area (Å²) in [6, 6.07) is 21.7. The number of ketones is 1. The van der Waals surface area contributed by atoms with E-state index in [9.17, 15) is 14.7 Å². The summed E-state index contributed by atoms with van der Waals surface area (Å²) in [6.07, 6.45) is -1.96. The smallest absolute Gasteiger partial charge is 0.255 e. The Balaban J connectivity index is 1.39. The van der Waals surface area contributed by atoms with Gasteiger partial charge in [-0.25, -0.2) is 0 Å². The predicted molar refractivity (Wildman–Crippen MR) is 165 cm³/mol. The van der Waals surface area contributed by atoms with E-state index < -0.39 is 18.1 Å². The molecular formula is C35H29N3O6. The van der Waals surface area contributed by atoms with Crippen molar-refractivity contribution < 1.29 is 28.9 Å². The highest BCUT2D eigenvalue weighted by Gasteiger charge is 2.52. The second-order valence-electron chi connectivity index (χ2n) is 12.1.